The number of aromatic nitrogens is 1. The number of sulfone groups is 1. The summed E-state index contributed by atoms with van der Waals surface area (Å²) in [5.74, 6) is 0.441. The normalized spacial score (nSPS) is 21.9. The number of hydrogen-bond donors (Lipinski definition) is 1. The Hall–Kier alpha value is -1.18. The van der Waals surface area contributed by atoms with Gasteiger partial charge >= 0.3 is 0 Å². The molecule has 1 aromatic heterocycles. The molecule has 1 aliphatic rings. The van der Waals surface area contributed by atoms with Crippen LogP contribution in [0.25, 0.3) is 0 Å². The van der Waals surface area contributed by atoms with Crippen molar-refractivity contribution >= 4 is 15.7 Å². The molecule has 6 nitrogen and oxygen atoms in total. The van der Waals surface area contributed by atoms with Crippen LogP contribution in [0.15, 0.2) is 23.2 Å². The number of nitrogens with zero attached hydrogens (tertiary/aromatic N) is 3. The number of nitrogens with one attached hydrogen (secondary N) is 1. The van der Waals surface area contributed by atoms with Gasteiger partial charge in [0.05, 0.1) is 0 Å². The SMILES string of the molecule is CN1CCN(C)C(CNc2ncccc2S(C)(=O)=O)C1. The maximum Gasteiger partial charge on any atom is 0.179 e. The van der Waals surface area contributed by atoms with Gasteiger partial charge in [0.2, 0.25) is 0 Å². The van der Waals surface area contributed by atoms with Gasteiger partial charge in [-0.1, -0.05) is 0 Å². The van der Waals surface area contributed by atoms with Gasteiger partial charge in [-0.2, -0.15) is 0 Å². The Balaban J connectivity index is 2.08. The molecule has 2 heterocycles. The van der Waals surface area contributed by atoms with Crippen molar-refractivity contribution in [1.82, 2.24) is 14.8 Å². The van der Waals surface area contributed by atoms with Crippen molar-refractivity contribution in [3.63, 3.8) is 0 Å². The second-order valence-corrected chi connectivity index (χ2v) is 7.38. The summed E-state index contributed by atoms with van der Waals surface area (Å²) >= 11 is 0. The van der Waals surface area contributed by atoms with E-state index in [1.54, 1.807) is 18.3 Å². The van der Waals surface area contributed by atoms with Crippen molar-refractivity contribution in [2.24, 2.45) is 0 Å². The standard InChI is InChI=1S/C13H22N4O2S/c1-16-7-8-17(2)11(10-16)9-15-13-12(20(3,18)19)5-4-6-14-13/h4-6,11H,7-10H2,1-3H3,(H,14,15). The Morgan fingerprint density at radius 3 is 2.85 bits per heavy atom. The average Bonchev–Trinajstić information content (AvgIpc) is 2.39. The van der Waals surface area contributed by atoms with Crippen LogP contribution in [0.5, 0.6) is 0 Å². The Bertz CT molecular complexity index is 561. The molecule has 1 fully saturated rings. The number of likely N-dealkylation sites (N-methyl/N-ethyl adjacent to an activating group) is 2. The largest absolute Gasteiger partial charge is 0.367 e. The first-order valence-corrected chi connectivity index (χ1v) is 8.55. The molecule has 1 saturated heterocycles. The van der Waals surface area contributed by atoms with Crippen molar-refractivity contribution in [2.75, 3.05) is 51.8 Å². The van der Waals surface area contributed by atoms with E-state index < -0.39 is 9.84 Å². The van der Waals surface area contributed by atoms with E-state index in [0.717, 1.165) is 19.6 Å². The van der Waals surface area contributed by atoms with E-state index in [9.17, 15) is 8.42 Å². The third kappa shape index (κ3) is 3.68. The van der Waals surface area contributed by atoms with Gasteiger partial charge in [0.15, 0.2) is 9.84 Å². The van der Waals surface area contributed by atoms with Gasteiger partial charge in [0.25, 0.3) is 0 Å². The quantitative estimate of drug-likeness (QED) is 0.853. The van der Waals surface area contributed by atoms with E-state index in [2.05, 4.69) is 34.2 Å². The van der Waals surface area contributed by atoms with Crippen LogP contribution in [0.3, 0.4) is 0 Å². The van der Waals surface area contributed by atoms with E-state index in [0.29, 0.717) is 18.4 Å². The molecule has 0 aliphatic carbocycles. The molecule has 20 heavy (non-hydrogen) atoms. The molecular formula is C13H22N4O2S. The van der Waals surface area contributed by atoms with E-state index in [1.165, 1.54) is 6.26 Å². The molecule has 1 aromatic rings. The molecule has 1 atom stereocenters. The minimum absolute atomic E-state index is 0.256. The van der Waals surface area contributed by atoms with E-state index in [-0.39, 0.29) is 4.90 Å². The minimum atomic E-state index is -3.26. The van der Waals surface area contributed by atoms with Crippen molar-refractivity contribution in [2.45, 2.75) is 10.9 Å². The third-order valence-corrected chi connectivity index (χ3v) is 4.78. The van der Waals surface area contributed by atoms with Crippen molar-refractivity contribution in [1.29, 1.82) is 0 Å². The van der Waals surface area contributed by atoms with Gasteiger partial charge in [0, 0.05) is 44.7 Å². The average molecular weight is 298 g/mol. The second-order valence-electron chi connectivity index (χ2n) is 5.40. The number of pyridine rings is 1. The van der Waals surface area contributed by atoms with Crippen LogP contribution in [-0.4, -0.2) is 75.8 Å². The van der Waals surface area contributed by atoms with Gasteiger partial charge < -0.3 is 10.2 Å². The van der Waals surface area contributed by atoms with Crippen molar-refractivity contribution in [3.05, 3.63) is 18.3 Å². The van der Waals surface area contributed by atoms with Crippen LogP contribution in [0.1, 0.15) is 0 Å². The molecule has 0 saturated carbocycles. The van der Waals surface area contributed by atoms with Crippen LogP contribution in [-0.2, 0) is 9.84 Å². The molecule has 1 N–H and O–H groups in total. The highest BCUT2D eigenvalue weighted by Gasteiger charge is 2.22. The first kappa shape index (κ1) is 15.2. The van der Waals surface area contributed by atoms with Crippen LogP contribution < -0.4 is 5.32 Å². The van der Waals surface area contributed by atoms with E-state index in [4.69, 9.17) is 0 Å². The van der Waals surface area contributed by atoms with Crippen LogP contribution in [0.4, 0.5) is 5.82 Å². The molecule has 0 bridgehead atoms. The minimum Gasteiger partial charge on any atom is -0.367 e. The molecule has 0 aromatic carbocycles. The molecule has 0 spiro atoms. The number of hydrogen-bond acceptors (Lipinski definition) is 6. The Labute approximate surface area is 120 Å². The molecule has 112 valence electrons. The lowest BCUT2D eigenvalue weighted by molar-refractivity contribution is 0.122. The molecule has 7 heteroatoms. The lowest BCUT2D eigenvalue weighted by Crippen LogP contribution is -2.52. The highest BCUT2D eigenvalue weighted by Crippen LogP contribution is 2.18. The second kappa shape index (κ2) is 6.07. The summed E-state index contributed by atoms with van der Waals surface area (Å²) in [6, 6.07) is 3.58. The fourth-order valence-corrected chi connectivity index (χ4v) is 3.16. The Morgan fingerprint density at radius 1 is 1.40 bits per heavy atom. The van der Waals surface area contributed by atoms with E-state index >= 15 is 0 Å². The number of rotatable bonds is 4. The van der Waals surface area contributed by atoms with Gasteiger partial charge in [-0.05, 0) is 26.2 Å². The van der Waals surface area contributed by atoms with Gasteiger partial charge in [-0.3, -0.25) is 4.90 Å². The monoisotopic (exact) mass is 298 g/mol. The zero-order valence-corrected chi connectivity index (χ0v) is 13.0. The topological polar surface area (TPSA) is 65.5 Å². The Kier molecular flexibility index (Phi) is 4.62. The maximum absolute atomic E-state index is 11.7. The zero-order chi connectivity index (χ0) is 14.8. The molecule has 1 unspecified atom stereocenters. The summed E-state index contributed by atoms with van der Waals surface area (Å²) in [7, 11) is 0.933. The summed E-state index contributed by atoms with van der Waals surface area (Å²) in [5.41, 5.74) is 0. The summed E-state index contributed by atoms with van der Waals surface area (Å²) in [6.07, 6.45) is 2.81. The summed E-state index contributed by atoms with van der Waals surface area (Å²) in [6.45, 7) is 3.72. The zero-order valence-electron chi connectivity index (χ0n) is 12.2. The Morgan fingerprint density at radius 2 is 2.15 bits per heavy atom. The lowest BCUT2D eigenvalue weighted by atomic mass is 10.2. The number of piperazine rings is 1. The fraction of sp³-hybridized carbons (Fsp3) is 0.615. The molecular weight excluding hydrogens is 276 g/mol. The summed E-state index contributed by atoms with van der Waals surface area (Å²) in [5, 5.41) is 3.18. The maximum atomic E-state index is 11.7. The molecule has 0 radical (unpaired) electrons. The highest BCUT2D eigenvalue weighted by molar-refractivity contribution is 7.90. The summed E-state index contributed by atoms with van der Waals surface area (Å²) in [4.78, 5) is 8.98. The fourth-order valence-electron chi connectivity index (χ4n) is 2.36. The van der Waals surface area contributed by atoms with E-state index in [1.807, 2.05) is 0 Å². The van der Waals surface area contributed by atoms with Crippen LogP contribution >= 0.6 is 0 Å². The van der Waals surface area contributed by atoms with Crippen LogP contribution in [0.2, 0.25) is 0 Å². The van der Waals surface area contributed by atoms with Gasteiger partial charge in [-0.25, -0.2) is 13.4 Å². The smallest absolute Gasteiger partial charge is 0.179 e. The lowest BCUT2D eigenvalue weighted by Gasteiger charge is -2.37. The summed E-state index contributed by atoms with van der Waals surface area (Å²) < 4.78 is 23.4. The number of anilines is 1. The van der Waals surface area contributed by atoms with Crippen molar-refractivity contribution in [3.8, 4) is 0 Å². The molecule has 0 amide bonds. The van der Waals surface area contributed by atoms with Gasteiger partial charge in [-0.15, -0.1) is 0 Å². The highest BCUT2D eigenvalue weighted by atomic mass is 32.2. The molecule has 2 rings (SSSR count). The molecule has 1 aliphatic heterocycles. The van der Waals surface area contributed by atoms with Gasteiger partial charge in [0.1, 0.15) is 10.7 Å². The predicted molar refractivity (Wildman–Crippen MR) is 79.8 cm³/mol. The van der Waals surface area contributed by atoms with Crippen LogP contribution in [0, 0.1) is 0 Å². The van der Waals surface area contributed by atoms with Crippen molar-refractivity contribution < 1.29 is 8.42 Å². The third-order valence-electron chi connectivity index (χ3n) is 3.66. The predicted octanol–water partition coefficient (Wildman–Crippen LogP) is 0.143. The first-order chi connectivity index (χ1) is 9.38. The first-order valence-electron chi connectivity index (χ1n) is 6.65.